The van der Waals surface area contributed by atoms with Gasteiger partial charge in [-0.15, -0.1) is 0 Å². The Morgan fingerprint density at radius 2 is 2.13 bits per heavy atom. The van der Waals surface area contributed by atoms with Crippen LogP contribution in [0.15, 0.2) is 4.52 Å². The van der Waals surface area contributed by atoms with Crippen molar-refractivity contribution in [3.8, 4) is 0 Å². The summed E-state index contributed by atoms with van der Waals surface area (Å²) in [4.78, 5) is 4.41. The van der Waals surface area contributed by atoms with E-state index in [9.17, 15) is 0 Å². The fraction of sp³-hybridized carbons (Fsp3) is 0.800. The van der Waals surface area contributed by atoms with Crippen molar-refractivity contribution in [3.05, 3.63) is 11.7 Å². The SMILES string of the molecule is CNC(C)c1nc(C2CCOCC2)no1. The number of nitrogens with one attached hydrogen (secondary N) is 1. The van der Waals surface area contributed by atoms with Crippen LogP contribution < -0.4 is 5.32 Å². The van der Waals surface area contributed by atoms with Crippen molar-refractivity contribution in [2.75, 3.05) is 20.3 Å². The van der Waals surface area contributed by atoms with Crippen molar-refractivity contribution in [2.24, 2.45) is 0 Å². The fourth-order valence-electron chi connectivity index (χ4n) is 1.67. The van der Waals surface area contributed by atoms with E-state index in [1.807, 2.05) is 14.0 Å². The Balaban J connectivity index is 2.05. The van der Waals surface area contributed by atoms with Gasteiger partial charge in [0.2, 0.25) is 5.89 Å². The molecular weight excluding hydrogens is 194 g/mol. The van der Waals surface area contributed by atoms with Crippen LogP contribution >= 0.6 is 0 Å². The first-order chi connectivity index (χ1) is 7.31. The minimum Gasteiger partial charge on any atom is -0.381 e. The first-order valence-corrected chi connectivity index (χ1v) is 5.39. The van der Waals surface area contributed by atoms with Gasteiger partial charge < -0.3 is 14.6 Å². The third-order valence-electron chi connectivity index (χ3n) is 2.85. The molecule has 1 fully saturated rings. The smallest absolute Gasteiger partial charge is 0.243 e. The Hall–Kier alpha value is -0.940. The zero-order chi connectivity index (χ0) is 10.7. The molecule has 2 heterocycles. The number of hydrogen-bond donors (Lipinski definition) is 1. The number of hydrogen-bond acceptors (Lipinski definition) is 5. The molecule has 0 bridgehead atoms. The highest BCUT2D eigenvalue weighted by molar-refractivity contribution is 4.98. The molecule has 1 saturated heterocycles. The van der Waals surface area contributed by atoms with Crippen molar-refractivity contribution in [1.29, 1.82) is 0 Å². The quantitative estimate of drug-likeness (QED) is 0.815. The highest BCUT2D eigenvalue weighted by atomic mass is 16.5. The van der Waals surface area contributed by atoms with Crippen LogP contribution in [0.4, 0.5) is 0 Å². The summed E-state index contributed by atoms with van der Waals surface area (Å²) in [6, 6.07) is 0.117. The van der Waals surface area contributed by atoms with E-state index in [4.69, 9.17) is 9.26 Å². The lowest BCUT2D eigenvalue weighted by atomic mass is 10.00. The molecule has 0 radical (unpaired) electrons. The van der Waals surface area contributed by atoms with Crippen LogP contribution in [0.25, 0.3) is 0 Å². The van der Waals surface area contributed by atoms with Crippen molar-refractivity contribution < 1.29 is 9.26 Å². The summed E-state index contributed by atoms with van der Waals surface area (Å²) < 4.78 is 10.5. The summed E-state index contributed by atoms with van der Waals surface area (Å²) in [5.41, 5.74) is 0. The maximum Gasteiger partial charge on any atom is 0.243 e. The van der Waals surface area contributed by atoms with E-state index < -0.39 is 0 Å². The van der Waals surface area contributed by atoms with Gasteiger partial charge in [-0.2, -0.15) is 4.98 Å². The molecule has 1 atom stereocenters. The Morgan fingerprint density at radius 1 is 1.40 bits per heavy atom. The van der Waals surface area contributed by atoms with Crippen LogP contribution in [0, 0.1) is 0 Å². The zero-order valence-corrected chi connectivity index (χ0v) is 9.19. The maximum atomic E-state index is 5.30. The number of rotatable bonds is 3. The van der Waals surface area contributed by atoms with Gasteiger partial charge in [0.25, 0.3) is 0 Å². The Kier molecular flexibility index (Phi) is 3.33. The summed E-state index contributed by atoms with van der Waals surface area (Å²) >= 11 is 0. The van der Waals surface area contributed by atoms with Crippen molar-refractivity contribution in [1.82, 2.24) is 15.5 Å². The van der Waals surface area contributed by atoms with Gasteiger partial charge in [0.05, 0.1) is 6.04 Å². The third kappa shape index (κ3) is 2.35. The van der Waals surface area contributed by atoms with E-state index in [1.54, 1.807) is 0 Å². The van der Waals surface area contributed by atoms with E-state index in [2.05, 4.69) is 15.5 Å². The molecule has 1 aliphatic rings. The molecule has 0 saturated carbocycles. The van der Waals surface area contributed by atoms with Crippen molar-refractivity contribution in [3.63, 3.8) is 0 Å². The normalized spacial score (nSPS) is 20.4. The topological polar surface area (TPSA) is 60.2 Å². The summed E-state index contributed by atoms with van der Waals surface area (Å²) in [6.45, 7) is 3.60. The van der Waals surface area contributed by atoms with Crippen molar-refractivity contribution in [2.45, 2.75) is 31.7 Å². The number of nitrogens with zero attached hydrogens (tertiary/aromatic N) is 2. The molecule has 84 valence electrons. The summed E-state index contributed by atoms with van der Waals surface area (Å²) in [6.07, 6.45) is 1.99. The Morgan fingerprint density at radius 3 is 2.80 bits per heavy atom. The van der Waals surface area contributed by atoms with Gasteiger partial charge in [-0.3, -0.25) is 0 Å². The van der Waals surface area contributed by atoms with E-state index >= 15 is 0 Å². The van der Waals surface area contributed by atoms with E-state index in [0.29, 0.717) is 11.8 Å². The van der Waals surface area contributed by atoms with Crippen LogP contribution in [0.1, 0.15) is 43.4 Å². The second-order valence-electron chi connectivity index (χ2n) is 3.89. The first kappa shape index (κ1) is 10.6. The largest absolute Gasteiger partial charge is 0.381 e. The van der Waals surface area contributed by atoms with Gasteiger partial charge in [-0.1, -0.05) is 5.16 Å². The van der Waals surface area contributed by atoms with Gasteiger partial charge in [-0.05, 0) is 26.8 Å². The van der Waals surface area contributed by atoms with Gasteiger partial charge in [0.15, 0.2) is 5.82 Å². The Labute approximate surface area is 89.2 Å². The summed E-state index contributed by atoms with van der Waals surface area (Å²) in [5.74, 6) is 1.90. The maximum absolute atomic E-state index is 5.30. The lowest BCUT2D eigenvalue weighted by Crippen LogP contribution is -2.16. The highest BCUT2D eigenvalue weighted by Gasteiger charge is 2.22. The fourth-order valence-corrected chi connectivity index (χ4v) is 1.67. The predicted molar refractivity (Wildman–Crippen MR) is 54.6 cm³/mol. The lowest BCUT2D eigenvalue weighted by Gasteiger charge is -2.18. The van der Waals surface area contributed by atoms with Crippen molar-refractivity contribution >= 4 is 0 Å². The van der Waals surface area contributed by atoms with E-state index in [-0.39, 0.29) is 6.04 Å². The average Bonchev–Trinajstić information content (AvgIpc) is 2.78. The highest BCUT2D eigenvalue weighted by Crippen LogP contribution is 2.25. The Bertz CT molecular complexity index is 307. The van der Waals surface area contributed by atoms with Crippen LogP contribution in [-0.2, 0) is 4.74 Å². The standard InChI is InChI=1S/C10H17N3O2/c1-7(11-2)10-12-9(13-15-10)8-3-5-14-6-4-8/h7-8,11H,3-6H2,1-2H3. The van der Waals surface area contributed by atoms with Gasteiger partial charge in [0.1, 0.15) is 0 Å². The molecule has 15 heavy (non-hydrogen) atoms. The molecule has 2 rings (SSSR count). The second-order valence-corrected chi connectivity index (χ2v) is 3.89. The summed E-state index contributed by atoms with van der Waals surface area (Å²) in [7, 11) is 1.88. The molecule has 5 heteroatoms. The number of aromatic nitrogens is 2. The molecule has 1 aromatic rings. The van der Waals surface area contributed by atoms with Crippen LogP contribution in [0.5, 0.6) is 0 Å². The zero-order valence-electron chi connectivity index (χ0n) is 9.19. The molecule has 0 amide bonds. The van der Waals surface area contributed by atoms with Crippen LogP contribution in [0.2, 0.25) is 0 Å². The van der Waals surface area contributed by atoms with Gasteiger partial charge in [0, 0.05) is 19.1 Å². The molecule has 0 aliphatic carbocycles. The number of ether oxygens (including phenoxy) is 1. The minimum absolute atomic E-state index is 0.117. The third-order valence-corrected chi connectivity index (χ3v) is 2.85. The molecule has 5 nitrogen and oxygen atoms in total. The molecule has 1 aromatic heterocycles. The molecular formula is C10H17N3O2. The molecule has 1 aliphatic heterocycles. The lowest BCUT2D eigenvalue weighted by molar-refractivity contribution is 0.0830. The predicted octanol–water partition coefficient (Wildman–Crippen LogP) is 1.24. The molecule has 0 spiro atoms. The monoisotopic (exact) mass is 211 g/mol. The molecule has 0 aromatic carbocycles. The average molecular weight is 211 g/mol. The van der Waals surface area contributed by atoms with E-state index in [0.717, 1.165) is 31.9 Å². The molecule has 1 unspecified atom stereocenters. The minimum atomic E-state index is 0.117. The van der Waals surface area contributed by atoms with Crippen LogP contribution in [-0.4, -0.2) is 30.4 Å². The second kappa shape index (κ2) is 4.72. The molecule has 1 N–H and O–H groups in total. The van der Waals surface area contributed by atoms with Gasteiger partial charge >= 0.3 is 0 Å². The summed E-state index contributed by atoms with van der Waals surface area (Å²) in [5, 5.41) is 7.10. The van der Waals surface area contributed by atoms with Crippen LogP contribution in [0.3, 0.4) is 0 Å². The first-order valence-electron chi connectivity index (χ1n) is 5.39. The van der Waals surface area contributed by atoms with Gasteiger partial charge in [-0.25, -0.2) is 0 Å². The van der Waals surface area contributed by atoms with E-state index in [1.165, 1.54) is 0 Å².